The van der Waals surface area contributed by atoms with Crippen molar-refractivity contribution in [3.05, 3.63) is 106 Å². The highest BCUT2D eigenvalue weighted by Crippen LogP contribution is 2.35. The lowest BCUT2D eigenvalue weighted by molar-refractivity contribution is -0.113. The molecular formula is C27H26BrN5O3. The monoisotopic (exact) mass is 547 g/mol. The number of halogens is 1. The van der Waals surface area contributed by atoms with Gasteiger partial charge in [-0.15, -0.1) is 0 Å². The van der Waals surface area contributed by atoms with Gasteiger partial charge in [0.1, 0.15) is 11.8 Å². The molecule has 3 aromatic rings. The molecule has 0 saturated heterocycles. The normalized spacial score (nSPS) is 14.8. The molecule has 1 aliphatic heterocycles. The van der Waals surface area contributed by atoms with Crippen molar-refractivity contribution in [2.45, 2.75) is 19.9 Å². The molecule has 2 heterocycles. The van der Waals surface area contributed by atoms with Crippen molar-refractivity contribution in [1.82, 2.24) is 10.3 Å². The van der Waals surface area contributed by atoms with Gasteiger partial charge in [0.15, 0.2) is 0 Å². The fourth-order valence-corrected chi connectivity index (χ4v) is 4.12. The summed E-state index contributed by atoms with van der Waals surface area (Å²) < 4.78 is 11.7. The molecule has 1 atom stereocenters. The summed E-state index contributed by atoms with van der Waals surface area (Å²) in [5.41, 5.74) is 3.38. The summed E-state index contributed by atoms with van der Waals surface area (Å²) in [6, 6.07) is 21.9. The van der Waals surface area contributed by atoms with Crippen molar-refractivity contribution in [3.8, 4) is 5.75 Å². The largest absolute Gasteiger partial charge is 0.497 e. The van der Waals surface area contributed by atoms with Crippen LogP contribution >= 0.6 is 15.9 Å². The smallest absolute Gasteiger partial charge is 0.301 e. The summed E-state index contributed by atoms with van der Waals surface area (Å²) in [5, 5.41) is 9.26. The highest BCUT2D eigenvalue weighted by molar-refractivity contribution is 9.10. The number of ether oxygens (including phenoxy) is 1. The Hall–Kier alpha value is -4.11. The minimum Gasteiger partial charge on any atom is -0.497 e. The summed E-state index contributed by atoms with van der Waals surface area (Å²) in [6.07, 6.45) is 1.53. The van der Waals surface area contributed by atoms with Gasteiger partial charge in [0.05, 0.1) is 18.9 Å². The van der Waals surface area contributed by atoms with Gasteiger partial charge >= 0.3 is 6.01 Å². The van der Waals surface area contributed by atoms with E-state index in [1.807, 2.05) is 56.3 Å². The maximum atomic E-state index is 13.5. The average molecular weight is 548 g/mol. The molecule has 0 saturated carbocycles. The van der Waals surface area contributed by atoms with Gasteiger partial charge in [0, 0.05) is 21.6 Å². The van der Waals surface area contributed by atoms with E-state index in [2.05, 4.69) is 36.9 Å². The zero-order valence-corrected chi connectivity index (χ0v) is 21.7. The molecule has 1 aromatic heterocycles. The number of benzene rings is 2. The molecule has 36 heavy (non-hydrogen) atoms. The van der Waals surface area contributed by atoms with Crippen LogP contribution in [-0.2, 0) is 4.79 Å². The van der Waals surface area contributed by atoms with Crippen LogP contribution in [0.2, 0.25) is 0 Å². The Morgan fingerprint density at radius 2 is 1.78 bits per heavy atom. The number of allylic oxidation sites excluding steroid dienone is 1. The lowest BCUT2D eigenvalue weighted by Crippen LogP contribution is -2.37. The van der Waals surface area contributed by atoms with Crippen molar-refractivity contribution < 1.29 is 13.9 Å². The number of rotatable bonds is 5. The topological polar surface area (TPSA) is 101 Å². The van der Waals surface area contributed by atoms with Gasteiger partial charge in [-0.3, -0.25) is 10.1 Å². The highest BCUT2D eigenvalue weighted by atomic mass is 79.9. The standard InChI is InChI=1S/C27H26BrN5O3/c1-17-9-5-4-8-16-36-27(29-17)33-26-30-18(2)23(24(32-26)21-10-6-7-11-22(21)28)25(34)31-19-12-14-20(35-3)15-13-19/h4-16,24H,1-3H3,(H,31,34)(H2,29,30,32,33). The van der Waals surface area contributed by atoms with Gasteiger partial charge in [-0.25, -0.2) is 9.98 Å². The SMILES string of the molecule is COc1ccc(NC(=O)C2=C(C)NC(Nc3nc(C)ccccco3)=NC2c2ccccc2Br)cc1. The summed E-state index contributed by atoms with van der Waals surface area (Å²) in [6.45, 7) is 3.71. The quantitative estimate of drug-likeness (QED) is 0.367. The molecule has 184 valence electrons. The number of hydrogen-bond donors (Lipinski definition) is 3. The van der Waals surface area contributed by atoms with E-state index in [1.165, 1.54) is 6.26 Å². The molecule has 1 amide bonds. The number of guanidine groups is 1. The van der Waals surface area contributed by atoms with Crippen molar-refractivity contribution >= 4 is 39.5 Å². The van der Waals surface area contributed by atoms with Crippen molar-refractivity contribution in [2.24, 2.45) is 4.99 Å². The fourth-order valence-electron chi connectivity index (χ4n) is 3.62. The van der Waals surface area contributed by atoms with E-state index < -0.39 is 6.04 Å². The molecule has 0 aliphatic carbocycles. The number of carbonyl (C=O) groups is 1. The van der Waals surface area contributed by atoms with E-state index in [0.29, 0.717) is 28.7 Å². The van der Waals surface area contributed by atoms with Gasteiger partial charge in [-0.05, 0) is 61.9 Å². The Bertz CT molecular complexity index is 1360. The third kappa shape index (κ3) is 6.11. The molecule has 8 nitrogen and oxygen atoms in total. The van der Waals surface area contributed by atoms with Crippen LogP contribution in [0.15, 0.2) is 104 Å². The van der Waals surface area contributed by atoms with Gasteiger partial charge in [-0.2, -0.15) is 0 Å². The van der Waals surface area contributed by atoms with Crippen molar-refractivity contribution in [2.75, 3.05) is 17.7 Å². The summed E-state index contributed by atoms with van der Waals surface area (Å²) >= 11 is 3.61. The number of nitrogens with one attached hydrogen (secondary N) is 3. The van der Waals surface area contributed by atoms with Gasteiger partial charge in [0.2, 0.25) is 5.96 Å². The number of aliphatic imine (C=N–C) groups is 1. The first-order valence-electron chi connectivity index (χ1n) is 11.2. The first-order valence-corrected chi connectivity index (χ1v) is 12.0. The van der Waals surface area contributed by atoms with Gasteiger partial charge < -0.3 is 19.8 Å². The predicted molar refractivity (Wildman–Crippen MR) is 144 cm³/mol. The number of anilines is 2. The first-order chi connectivity index (χ1) is 17.4. The molecular weight excluding hydrogens is 522 g/mol. The summed E-state index contributed by atoms with van der Waals surface area (Å²) in [7, 11) is 1.60. The third-order valence-corrected chi connectivity index (χ3v) is 6.08. The number of nitrogens with zero attached hydrogens (tertiary/aromatic N) is 2. The molecule has 1 unspecified atom stereocenters. The Kier molecular flexibility index (Phi) is 8.02. The van der Waals surface area contributed by atoms with E-state index in [4.69, 9.17) is 14.1 Å². The van der Waals surface area contributed by atoms with Crippen LogP contribution in [0.4, 0.5) is 11.7 Å². The Morgan fingerprint density at radius 1 is 1.03 bits per heavy atom. The van der Waals surface area contributed by atoms with E-state index in [0.717, 1.165) is 15.7 Å². The van der Waals surface area contributed by atoms with Crippen molar-refractivity contribution in [3.63, 3.8) is 0 Å². The summed E-state index contributed by atoms with van der Waals surface area (Å²) in [5.74, 6) is 0.846. The Labute approximate surface area is 218 Å². The van der Waals surface area contributed by atoms with Crippen LogP contribution in [0.1, 0.15) is 24.2 Å². The zero-order valence-electron chi connectivity index (χ0n) is 20.1. The van der Waals surface area contributed by atoms with Crippen molar-refractivity contribution in [1.29, 1.82) is 0 Å². The minimum absolute atomic E-state index is 0.250. The maximum Gasteiger partial charge on any atom is 0.301 e. The molecule has 2 aromatic carbocycles. The zero-order chi connectivity index (χ0) is 25.5. The number of carbonyl (C=O) groups excluding carboxylic acids is 1. The van der Waals surface area contributed by atoms with Gasteiger partial charge in [0.25, 0.3) is 5.91 Å². The number of methoxy groups -OCH3 is 1. The summed E-state index contributed by atoms with van der Waals surface area (Å²) in [4.78, 5) is 22.8. The van der Waals surface area contributed by atoms with Crippen LogP contribution < -0.4 is 20.7 Å². The van der Waals surface area contributed by atoms with Gasteiger partial charge in [-0.1, -0.05) is 46.3 Å². The molecule has 4 rings (SSSR count). The molecule has 0 radical (unpaired) electrons. The number of aromatic nitrogens is 1. The van der Waals surface area contributed by atoms with Crippen LogP contribution in [0, 0.1) is 6.92 Å². The Morgan fingerprint density at radius 3 is 2.53 bits per heavy atom. The predicted octanol–water partition coefficient (Wildman–Crippen LogP) is 5.90. The molecule has 0 fully saturated rings. The fraction of sp³-hybridized carbons (Fsp3) is 0.148. The van der Waals surface area contributed by atoms with E-state index in [-0.39, 0.29) is 11.9 Å². The van der Waals surface area contributed by atoms with E-state index in [1.54, 1.807) is 37.4 Å². The molecule has 0 spiro atoms. The third-order valence-electron chi connectivity index (χ3n) is 5.35. The molecule has 3 N–H and O–H groups in total. The molecule has 0 bridgehead atoms. The maximum absolute atomic E-state index is 13.5. The second-order valence-electron chi connectivity index (χ2n) is 7.93. The second-order valence-corrected chi connectivity index (χ2v) is 8.78. The lowest BCUT2D eigenvalue weighted by Gasteiger charge is -2.27. The first kappa shape index (κ1) is 25.0. The number of aryl methyl sites for hydroxylation is 1. The molecule has 1 aliphatic rings. The van der Waals surface area contributed by atoms with Crippen LogP contribution in [0.5, 0.6) is 5.75 Å². The average Bonchev–Trinajstić information content (AvgIpc) is 2.96. The second kappa shape index (κ2) is 11.5. The number of amides is 1. The number of hydrogen-bond acceptors (Lipinski definition) is 7. The minimum atomic E-state index is -0.589. The van der Waals surface area contributed by atoms with E-state index in [9.17, 15) is 4.79 Å². The van der Waals surface area contributed by atoms with E-state index >= 15 is 0 Å². The van der Waals surface area contributed by atoms with Crippen LogP contribution in [-0.4, -0.2) is 24.0 Å². The van der Waals surface area contributed by atoms with Crippen LogP contribution in [0.3, 0.4) is 0 Å². The lowest BCUT2D eigenvalue weighted by atomic mass is 9.95. The van der Waals surface area contributed by atoms with Crippen LogP contribution in [0.25, 0.3) is 0 Å². The molecule has 9 heteroatoms. The highest BCUT2D eigenvalue weighted by Gasteiger charge is 2.31. The Balaban J connectivity index is 1.69.